The minimum atomic E-state index is -0.152. The maximum atomic E-state index is 11.6. The molecule has 0 fully saturated rings. The highest BCUT2D eigenvalue weighted by molar-refractivity contribution is 5.91. The van der Waals surface area contributed by atoms with E-state index in [1.165, 1.54) is 6.08 Å². The van der Waals surface area contributed by atoms with Crippen molar-refractivity contribution in [1.82, 2.24) is 5.32 Å². The van der Waals surface area contributed by atoms with E-state index in [1.807, 2.05) is 30.3 Å². The van der Waals surface area contributed by atoms with Crippen LogP contribution in [0.25, 0.3) is 0 Å². The molecule has 1 atom stereocenters. The molecule has 0 aliphatic carbocycles. The lowest BCUT2D eigenvalue weighted by molar-refractivity contribution is -0.116. The molecule has 2 aromatic carbocycles. The number of ether oxygens (including phenoxy) is 1. The molecule has 0 aromatic heterocycles. The average Bonchev–Trinajstić information content (AvgIpc) is 2.94. The molecule has 1 aliphatic rings. The van der Waals surface area contributed by atoms with Crippen LogP contribution in [-0.2, 0) is 22.6 Å². The number of nitrogens with zero attached hydrogens (tertiary/aromatic N) is 1. The largest absolute Gasteiger partial charge is 0.491 e. The van der Waals surface area contributed by atoms with Gasteiger partial charge in [-0.05, 0) is 34.9 Å². The lowest BCUT2D eigenvalue weighted by atomic mass is 10.1. The van der Waals surface area contributed by atoms with E-state index >= 15 is 0 Å². The first-order valence-corrected chi connectivity index (χ1v) is 7.36. The molecule has 1 N–H and O–H groups in total. The van der Waals surface area contributed by atoms with E-state index in [9.17, 15) is 9.70 Å². The highest BCUT2D eigenvalue weighted by Gasteiger charge is 2.25. The molecule has 23 heavy (non-hydrogen) atoms. The van der Waals surface area contributed by atoms with Crippen LogP contribution in [0.15, 0.2) is 71.6 Å². The van der Waals surface area contributed by atoms with Crippen LogP contribution in [0.2, 0.25) is 0 Å². The molecule has 3 rings (SSSR count). The topological polar surface area (TPSA) is 67.8 Å². The van der Waals surface area contributed by atoms with Crippen LogP contribution in [0.1, 0.15) is 11.1 Å². The van der Waals surface area contributed by atoms with Crippen LogP contribution in [0.4, 0.5) is 5.69 Å². The fourth-order valence-corrected chi connectivity index (χ4v) is 2.48. The Morgan fingerprint density at radius 3 is 2.43 bits per heavy atom. The first-order valence-electron chi connectivity index (χ1n) is 7.36. The van der Waals surface area contributed by atoms with Gasteiger partial charge in [0.2, 0.25) is 5.91 Å². The number of nitroso groups, excluding NO2 is 1. The molecular formula is C18H16N2O3. The highest BCUT2D eigenvalue weighted by Crippen LogP contribution is 2.19. The van der Waals surface area contributed by atoms with Crippen molar-refractivity contribution in [3.63, 3.8) is 0 Å². The zero-order valence-electron chi connectivity index (χ0n) is 12.4. The van der Waals surface area contributed by atoms with E-state index in [1.54, 1.807) is 24.3 Å². The minimum Gasteiger partial charge on any atom is -0.491 e. The summed E-state index contributed by atoms with van der Waals surface area (Å²) in [6, 6.07) is 16.6. The number of carbonyl (C=O) groups is 1. The van der Waals surface area contributed by atoms with Gasteiger partial charge in [-0.2, -0.15) is 0 Å². The molecule has 5 heteroatoms. The minimum absolute atomic E-state index is 0.138. The van der Waals surface area contributed by atoms with Crippen molar-refractivity contribution in [1.29, 1.82) is 0 Å². The van der Waals surface area contributed by atoms with Gasteiger partial charge in [-0.25, -0.2) is 0 Å². The molecule has 2 aromatic rings. The van der Waals surface area contributed by atoms with Crippen LogP contribution >= 0.6 is 0 Å². The van der Waals surface area contributed by atoms with Crippen molar-refractivity contribution >= 4 is 11.6 Å². The number of hydrogen-bond acceptors (Lipinski definition) is 4. The first-order chi connectivity index (χ1) is 11.2. The summed E-state index contributed by atoms with van der Waals surface area (Å²) < 4.78 is 5.79. The molecule has 0 saturated heterocycles. The number of rotatable bonds is 6. The standard InChI is InChI=1S/C18H16N2O3/c21-18-11-17(16(19-18)10-13-4-2-1-3-5-13)23-12-14-6-8-15(20-22)9-7-14/h1-9,11,16H,10,12H2,(H,19,21)/t16-/m0/s1. The monoisotopic (exact) mass is 308 g/mol. The molecule has 1 aliphatic heterocycles. The van der Waals surface area contributed by atoms with Crippen molar-refractivity contribution < 1.29 is 9.53 Å². The molecule has 0 bridgehead atoms. The third-order valence-corrected chi connectivity index (χ3v) is 3.66. The van der Waals surface area contributed by atoms with Gasteiger partial charge in [-0.1, -0.05) is 42.5 Å². The number of hydrogen-bond donors (Lipinski definition) is 1. The van der Waals surface area contributed by atoms with Gasteiger partial charge in [0, 0.05) is 6.08 Å². The van der Waals surface area contributed by atoms with E-state index in [0.29, 0.717) is 24.5 Å². The lowest BCUT2D eigenvalue weighted by Crippen LogP contribution is -2.31. The summed E-state index contributed by atoms with van der Waals surface area (Å²) in [7, 11) is 0. The summed E-state index contributed by atoms with van der Waals surface area (Å²) in [6.45, 7) is 0.339. The average molecular weight is 308 g/mol. The van der Waals surface area contributed by atoms with Crippen molar-refractivity contribution in [2.24, 2.45) is 5.18 Å². The molecule has 1 amide bonds. The maximum Gasteiger partial charge on any atom is 0.248 e. The Morgan fingerprint density at radius 1 is 1.00 bits per heavy atom. The molecule has 0 unspecified atom stereocenters. The Labute approximate surface area is 134 Å². The zero-order valence-corrected chi connectivity index (χ0v) is 12.4. The summed E-state index contributed by atoms with van der Waals surface area (Å²) in [4.78, 5) is 22.0. The SMILES string of the molecule is O=Nc1ccc(COC2=CC(=O)N[C@H]2Cc2ccccc2)cc1. The molecule has 116 valence electrons. The van der Waals surface area contributed by atoms with Crippen LogP contribution in [0.3, 0.4) is 0 Å². The zero-order chi connectivity index (χ0) is 16.1. The summed E-state index contributed by atoms with van der Waals surface area (Å²) in [6.07, 6.45) is 2.18. The van der Waals surface area contributed by atoms with Crippen molar-refractivity contribution in [2.75, 3.05) is 0 Å². The Balaban J connectivity index is 1.63. The summed E-state index contributed by atoms with van der Waals surface area (Å²) >= 11 is 0. The van der Waals surface area contributed by atoms with Gasteiger partial charge in [0.15, 0.2) is 0 Å². The molecule has 0 spiro atoms. The summed E-state index contributed by atoms with van der Waals surface area (Å²) in [5.41, 5.74) is 2.43. The number of nitrogens with one attached hydrogen (secondary N) is 1. The molecule has 0 radical (unpaired) electrons. The van der Waals surface area contributed by atoms with Crippen molar-refractivity contribution in [3.8, 4) is 0 Å². The van der Waals surface area contributed by atoms with Gasteiger partial charge < -0.3 is 10.1 Å². The predicted octanol–water partition coefficient (Wildman–Crippen LogP) is 3.23. The third-order valence-electron chi connectivity index (χ3n) is 3.66. The van der Waals surface area contributed by atoms with Crippen LogP contribution in [-0.4, -0.2) is 11.9 Å². The van der Waals surface area contributed by atoms with Gasteiger partial charge >= 0.3 is 0 Å². The second kappa shape index (κ2) is 6.87. The van der Waals surface area contributed by atoms with Gasteiger partial charge in [0.1, 0.15) is 18.1 Å². The smallest absolute Gasteiger partial charge is 0.248 e. The molecule has 0 saturated carbocycles. The summed E-state index contributed by atoms with van der Waals surface area (Å²) in [5.74, 6) is 0.498. The van der Waals surface area contributed by atoms with E-state index in [2.05, 4.69) is 10.5 Å². The lowest BCUT2D eigenvalue weighted by Gasteiger charge is -2.16. The maximum absolute atomic E-state index is 11.6. The van der Waals surface area contributed by atoms with E-state index < -0.39 is 0 Å². The van der Waals surface area contributed by atoms with Crippen LogP contribution < -0.4 is 5.32 Å². The fraction of sp³-hybridized carbons (Fsp3) is 0.167. The molecule has 1 heterocycles. The van der Waals surface area contributed by atoms with Gasteiger partial charge in [-0.3, -0.25) is 4.79 Å². The number of amides is 1. The van der Waals surface area contributed by atoms with Crippen LogP contribution in [0.5, 0.6) is 0 Å². The van der Waals surface area contributed by atoms with E-state index in [-0.39, 0.29) is 11.9 Å². The predicted molar refractivity (Wildman–Crippen MR) is 86.8 cm³/mol. The third kappa shape index (κ3) is 3.83. The van der Waals surface area contributed by atoms with Crippen LogP contribution in [0, 0.1) is 4.91 Å². The van der Waals surface area contributed by atoms with Gasteiger partial charge in [0.25, 0.3) is 0 Å². The Hall–Kier alpha value is -2.95. The van der Waals surface area contributed by atoms with Crippen molar-refractivity contribution in [2.45, 2.75) is 19.1 Å². The molecule has 5 nitrogen and oxygen atoms in total. The normalized spacial score (nSPS) is 16.6. The Kier molecular flexibility index (Phi) is 4.47. The Morgan fingerprint density at radius 2 is 1.74 bits per heavy atom. The second-order valence-electron chi connectivity index (χ2n) is 5.34. The quantitative estimate of drug-likeness (QED) is 0.833. The first kappa shape index (κ1) is 15.0. The Bertz CT molecular complexity index is 724. The van der Waals surface area contributed by atoms with E-state index in [4.69, 9.17) is 4.74 Å². The number of benzene rings is 2. The van der Waals surface area contributed by atoms with Gasteiger partial charge in [0.05, 0.1) is 6.04 Å². The highest BCUT2D eigenvalue weighted by atomic mass is 16.5. The van der Waals surface area contributed by atoms with E-state index in [0.717, 1.165) is 11.1 Å². The van der Waals surface area contributed by atoms with Gasteiger partial charge in [-0.15, -0.1) is 4.91 Å². The number of carbonyl (C=O) groups excluding carboxylic acids is 1. The second-order valence-corrected chi connectivity index (χ2v) is 5.34. The molecular weight excluding hydrogens is 292 g/mol. The summed E-state index contributed by atoms with van der Waals surface area (Å²) in [5, 5.41) is 5.76. The van der Waals surface area contributed by atoms with Crippen molar-refractivity contribution in [3.05, 3.63) is 82.5 Å². The fourth-order valence-electron chi connectivity index (χ4n) is 2.48.